The number of hydrogen-bond donors (Lipinski definition) is 1. The molecule has 0 aliphatic heterocycles. The summed E-state index contributed by atoms with van der Waals surface area (Å²) in [7, 11) is 0. The molecule has 3 heteroatoms. The summed E-state index contributed by atoms with van der Waals surface area (Å²) in [6.45, 7) is 11.8. The van der Waals surface area contributed by atoms with E-state index in [9.17, 15) is 9.59 Å². The third-order valence-corrected chi connectivity index (χ3v) is 2.24. The van der Waals surface area contributed by atoms with Crippen LogP contribution in [0.4, 0.5) is 0 Å². The van der Waals surface area contributed by atoms with Gasteiger partial charge in [0.05, 0.1) is 6.04 Å². The van der Waals surface area contributed by atoms with Gasteiger partial charge in [-0.2, -0.15) is 0 Å². The maximum Gasteiger partial charge on any atom is 0.155 e. The standard InChI is InChI=1S/C13H25NO2/c1-12(2,3)11(16)10(8-7-9-15)14-13(4,5)6/h9-10,14H,7-8H2,1-6H3. The molecule has 0 amide bonds. The van der Waals surface area contributed by atoms with Crippen molar-refractivity contribution in [1.82, 2.24) is 5.32 Å². The van der Waals surface area contributed by atoms with Gasteiger partial charge in [0, 0.05) is 17.4 Å². The zero-order chi connectivity index (χ0) is 13.0. The van der Waals surface area contributed by atoms with E-state index in [1.165, 1.54) is 0 Å². The third kappa shape index (κ3) is 6.01. The van der Waals surface area contributed by atoms with Gasteiger partial charge in [-0.3, -0.25) is 4.79 Å². The fourth-order valence-corrected chi connectivity index (χ4v) is 1.55. The minimum Gasteiger partial charge on any atom is -0.303 e. The molecule has 0 heterocycles. The van der Waals surface area contributed by atoms with E-state index in [0.29, 0.717) is 12.8 Å². The second-order valence-electron chi connectivity index (χ2n) is 6.31. The van der Waals surface area contributed by atoms with E-state index in [1.54, 1.807) is 0 Å². The van der Waals surface area contributed by atoms with Crippen LogP contribution in [0.15, 0.2) is 0 Å². The molecule has 0 bridgehead atoms. The Morgan fingerprint density at radius 1 is 1.19 bits per heavy atom. The minimum atomic E-state index is -0.369. The summed E-state index contributed by atoms with van der Waals surface area (Å²) in [5, 5.41) is 3.29. The van der Waals surface area contributed by atoms with Crippen LogP contribution >= 0.6 is 0 Å². The Labute approximate surface area is 99.0 Å². The van der Waals surface area contributed by atoms with Crippen molar-refractivity contribution in [3.8, 4) is 0 Å². The number of carbonyl (C=O) groups is 2. The van der Waals surface area contributed by atoms with Crippen molar-refractivity contribution >= 4 is 12.1 Å². The lowest BCUT2D eigenvalue weighted by molar-refractivity contribution is -0.129. The molecule has 0 saturated heterocycles. The van der Waals surface area contributed by atoms with E-state index in [2.05, 4.69) is 5.32 Å². The van der Waals surface area contributed by atoms with Crippen LogP contribution in [0.5, 0.6) is 0 Å². The van der Waals surface area contributed by atoms with E-state index in [0.717, 1.165) is 6.29 Å². The molecular weight excluding hydrogens is 202 g/mol. The molecule has 94 valence electrons. The zero-order valence-electron chi connectivity index (χ0n) is 11.4. The number of rotatable bonds is 5. The van der Waals surface area contributed by atoms with Gasteiger partial charge in [0.25, 0.3) is 0 Å². The summed E-state index contributed by atoms with van der Waals surface area (Å²) in [5.74, 6) is 0.171. The van der Waals surface area contributed by atoms with Crippen LogP contribution in [0, 0.1) is 5.41 Å². The average molecular weight is 227 g/mol. The van der Waals surface area contributed by atoms with Crippen molar-refractivity contribution in [3.05, 3.63) is 0 Å². The molecule has 0 radical (unpaired) electrons. The predicted octanol–water partition coefficient (Wildman–Crippen LogP) is 2.34. The molecule has 0 aliphatic rings. The lowest BCUT2D eigenvalue weighted by Gasteiger charge is -2.31. The normalized spacial score (nSPS) is 14.6. The fourth-order valence-electron chi connectivity index (χ4n) is 1.55. The highest BCUT2D eigenvalue weighted by Gasteiger charge is 2.31. The number of hydrogen-bond acceptors (Lipinski definition) is 3. The number of ketones is 1. The van der Waals surface area contributed by atoms with Crippen LogP contribution in [0.25, 0.3) is 0 Å². The molecule has 0 fully saturated rings. The van der Waals surface area contributed by atoms with Crippen molar-refractivity contribution in [3.63, 3.8) is 0 Å². The number of carbonyl (C=O) groups excluding carboxylic acids is 2. The molecular formula is C13H25NO2. The summed E-state index contributed by atoms with van der Waals surface area (Å²) >= 11 is 0. The van der Waals surface area contributed by atoms with Crippen molar-refractivity contribution < 1.29 is 9.59 Å². The minimum absolute atomic E-state index is 0.117. The summed E-state index contributed by atoms with van der Waals surface area (Å²) in [5.41, 5.74) is -0.486. The van der Waals surface area contributed by atoms with Crippen molar-refractivity contribution in [2.75, 3.05) is 0 Å². The van der Waals surface area contributed by atoms with E-state index >= 15 is 0 Å². The monoisotopic (exact) mass is 227 g/mol. The van der Waals surface area contributed by atoms with Gasteiger partial charge in [-0.25, -0.2) is 0 Å². The molecule has 0 spiro atoms. The van der Waals surface area contributed by atoms with Crippen LogP contribution in [-0.4, -0.2) is 23.7 Å². The molecule has 1 unspecified atom stereocenters. The first-order chi connectivity index (χ1) is 7.08. The zero-order valence-corrected chi connectivity index (χ0v) is 11.4. The SMILES string of the molecule is CC(C)(C)NC(CCC=O)C(=O)C(C)(C)C. The van der Waals surface area contributed by atoms with Gasteiger partial charge in [0.1, 0.15) is 6.29 Å². The van der Waals surface area contributed by atoms with Crippen molar-refractivity contribution in [2.24, 2.45) is 5.41 Å². The average Bonchev–Trinajstić information content (AvgIpc) is 2.07. The second kappa shape index (κ2) is 5.58. The van der Waals surface area contributed by atoms with Gasteiger partial charge < -0.3 is 10.1 Å². The molecule has 1 atom stereocenters. The Morgan fingerprint density at radius 2 is 1.69 bits per heavy atom. The number of nitrogens with one attached hydrogen (secondary N) is 1. The summed E-state index contributed by atoms with van der Waals surface area (Å²) < 4.78 is 0. The Bertz CT molecular complexity index is 246. The Balaban J connectivity index is 4.67. The van der Waals surface area contributed by atoms with Gasteiger partial charge in [0.15, 0.2) is 5.78 Å². The van der Waals surface area contributed by atoms with Crippen LogP contribution in [0.1, 0.15) is 54.4 Å². The van der Waals surface area contributed by atoms with Gasteiger partial charge in [0.2, 0.25) is 0 Å². The first kappa shape index (κ1) is 15.3. The maximum atomic E-state index is 12.2. The molecule has 0 aliphatic carbocycles. The highest BCUT2D eigenvalue weighted by atomic mass is 16.1. The molecule has 1 N–H and O–H groups in total. The van der Waals surface area contributed by atoms with Crippen LogP contribution in [0.2, 0.25) is 0 Å². The summed E-state index contributed by atoms with van der Waals surface area (Å²) in [4.78, 5) is 22.6. The highest BCUT2D eigenvalue weighted by Crippen LogP contribution is 2.20. The molecule has 16 heavy (non-hydrogen) atoms. The maximum absolute atomic E-state index is 12.2. The van der Waals surface area contributed by atoms with Crippen LogP contribution in [-0.2, 0) is 9.59 Å². The Morgan fingerprint density at radius 3 is 2.00 bits per heavy atom. The predicted molar refractivity (Wildman–Crippen MR) is 66.4 cm³/mol. The molecule has 0 aromatic carbocycles. The van der Waals surface area contributed by atoms with Crippen LogP contribution < -0.4 is 5.32 Å². The van der Waals surface area contributed by atoms with Gasteiger partial charge in [-0.15, -0.1) is 0 Å². The number of Topliss-reactive ketones (excluding diaryl/α,β-unsaturated/α-hetero) is 1. The Kier molecular flexibility index (Phi) is 5.33. The fraction of sp³-hybridized carbons (Fsp3) is 0.846. The summed E-state index contributed by atoms with van der Waals surface area (Å²) in [6.07, 6.45) is 1.87. The quantitative estimate of drug-likeness (QED) is 0.733. The molecule has 3 nitrogen and oxygen atoms in total. The third-order valence-electron chi connectivity index (χ3n) is 2.24. The lowest BCUT2D eigenvalue weighted by atomic mass is 9.84. The highest BCUT2D eigenvalue weighted by molar-refractivity contribution is 5.89. The van der Waals surface area contributed by atoms with E-state index < -0.39 is 0 Å². The van der Waals surface area contributed by atoms with Crippen molar-refractivity contribution in [2.45, 2.75) is 66.0 Å². The van der Waals surface area contributed by atoms with E-state index in [4.69, 9.17) is 0 Å². The van der Waals surface area contributed by atoms with Crippen molar-refractivity contribution in [1.29, 1.82) is 0 Å². The topological polar surface area (TPSA) is 46.2 Å². The first-order valence-corrected chi connectivity index (χ1v) is 5.83. The van der Waals surface area contributed by atoms with Gasteiger partial charge >= 0.3 is 0 Å². The first-order valence-electron chi connectivity index (χ1n) is 5.83. The molecule has 0 aromatic heterocycles. The molecule has 0 rings (SSSR count). The summed E-state index contributed by atoms with van der Waals surface area (Å²) in [6, 6.07) is -0.231. The van der Waals surface area contributed by atoms with E-state index in [1.807, 2.05) is 41.5 Å². The van der Waals surface area contributed by atoms with Gasteiger partial charge in [-0.1, -0.05) is 20.8 Å². The largest absolute Gasteiger partial charge is 0.303 e. The second-order valence-corrected chi connectivity index (χ2v) is 6.31. The lowest BCUT2D eigenvalue weighted by Crippen LogP contribution is -2.50. The van der Waals surface area contributed by atoms with E-state index in [-0.39, 0.29) is 22.8 Å². The van der Waals surface area contributed by atoms with Gasteiger partial charge in [-0.05, 0) is 27.2 Å². The van der Waals surface area contributed by atoms with Crippen LogP contribution in [0.3, 0.4) is 0 Å². The number of aldehydes is 1. The molecule has 0 saturated carbocycles. The smallest absolute Gasteiger partial charge is 0.155 e. The molecule has 0 aromatic rings. The Hall–Kier alpha value is -0.700.